The molecule has 51 valence electrons. The van der Waals surface area contributed by atoms with Gasteiger partial charge in [0, 0.05) is 35.6 Å². The maximum Gasteiger partial charge on any atom is 0.0499 e. The fourth-order valence-corrected chi connectivity index (χ4v) is 0.820. The van der Waals surface area contributed by atoms with Crippen molar-refractivity contribution in [2.45, 2.75) is 0 Å². The van der Waals surface area contributed by atoms with E-state index in [9.17, 15) is 0 Å². The summed E-state index contributed by atoms with van der Waals surface area (Å²) in [4.78, 5) is 0. The van der Waals surface area contributed by atoms with Crippen molar-refractivity contribution in [2.75, 3.05) is 0 Å². The van der Waals surface area contributed by atoms with E-state index >= 15 is 0 Å². The van der Waals surface area contributed by atoms with Gasteiger partial charge in [0.1, 0.15) is 0 Å². The average Bonchev–Trinajstić information content (AvgIpc) is 1.64. The molecule has 0 saturated heterocycles. The summed E-state index contributed by atoms with van der Waals surface area (Å²) in [6, 6.07) is 7.81. The largest absolute Gasteiger partial charge is 1.00 e. The van der Waals surface area contributed by atoms with Gasteiger partial charge in [-0.05, 0) is 12.1 Å². The van der Waals surface area contributed by atoms with E-state index in [0.29, 0.717) is 10.0 Å². The Labute approximate surface area is 100 Å². The first-order valence-electron chi connectivity index (χ1n) is 2.12. The van der Waals surface area contributed by atoms with Crippen LogP contribution in [0.2, 0.25) is 10.0 Å². The van der Waals surface area contributed by atoms with Crippen LogP contribution in [-0.4, -0.2) is 0 Å². The predicted molar refractivity (Wildman–Crippen MR) is 35.3 cm³/mol. The molecule has 0 unspecified atom stereocenters. The van der Waals surface area contributed by atoms with E-state index in [-0.39, 0.29) is 43.5 Å². The van der Waals surface area contributed by atoms with Crippen molar-refractivity contribution >= 4 is 23.2 Å². The molecule has 0 aliphatic carbocycles. The van der Waals surface area contributed by atoms with Gasteiger partial charge in [-0.15, -0.1) is 0 Å². The monoisotopic (exact) mass is 336 g/mol. The second kappa shape index (κ2) is 6.84. The number of hydrogen-bond donors (Lipinski definition) is 0. The second-order valence-corrected chi connectivity index (χ2v) is 2.20. The van der Waals surface area contributed by atoms with E-state index in [1.54, 1.807) is 18.2 Å². The van der Waals surface area contributed by atoms with E-state index in [1.807, 2.05) is 0 Å². The molecule has 0 aliphatic heterocycles. The van der Waals surface area contributed by atoms with Gasteiger partial charge in [0.05, 0.1) is 0 Å². The van der Waals surface area contributed by atoms with E-state index < -0.39 is 0 Å². The maximum absolute atomic E-state index is 5.54. The van der Waals surface area contributed by atoms with Crippen molar-refractivity contribution in [3.05, 3.63) is 34.3 Å². The molecule has 10 heavy (non-hydrogen) atoms. The van der Waals surface area contributed by atoms with Crippen molar-refractivity contribution in [3.63, 3.8) is 0 Å². The standard InChI is InChI=1S/C6H3Cl2.HI.Zn/c7-5-2-1-3-6(8)4-5;;/h1-2,4H;1H;/p-1. The molecular weight excluding hydrogens is 335 g/mol. The van der Waals surface area contributed by atoms with Crippen molar-refractivity contribution in [1.82, 2.24) is 0 Å². The Balaban J connectivity index is 0. The molecule has 0 heterocycles. The minimum atomic E-state index is 0. The Bertz CT molecular complexity index is 176. The summed E-state index contributed by atoms with van der Waals surface area (Å²) in [6.45, 7) is 0. The number of rotatable bonds is 0. The summed E-state index contributed by atoms with van der Waals surface area (Å²) in [5.41, 5.74) is 0. The molecule has 1 aromatic carbocycles. The minimum absolute atomic E-state index is 0. The fraction of sp³-hybridized carbons (Fsp3) is 0. The summed E-state index contributed by atoms with van der Waals surface area (Å²) in [5, 5.41) is 1.20. The molecule has 0 amide bonds. The van der Waals surface area contributed by atoms with Crippen LogP contribution in [0.5, 0.6) is 0 Å². The van der Waals surface area contributed by atoms with Crippen LogP contribution in [0.15, 0.2) is 18.2 Å². The smallest absolute Gasteiger partial charge is 0.0499 e. The van der Waals surface area contributed by atoms with Crippen molar-refractivity contribution in [1.29, 1.82) is 0 Å². The zero-order valence-electron chi connectivity index (χ0n) is 5.07. The molecule has 4 heteroatoms. The summed E-state index contributed by atoms with van der Waals surface area (Å²) < 4.78 is 0. The van der Waals surface area contributed by atoms with Gasteiger partial charge in [-0.2, -0.15) is 0 Å². The first kappa shape index (κ1) is 13.7. The summed E-state index contributed by atoms with van der Waals surface area (Å²) in [6.07, 6.45) is 0. The Morgan fingerprint density at radius 1 is 1.30 bits per heavy atom. The molecular formula is C6H3Cl2IZn-. The zero-order chi connectivity index (χ0) is 5.98. The van der Waals surface area contributed by atoms with Crippen molar-refractivity contribution in [2.24, 2.45) is 0 Å². The normalized spacial score (nSPS) is 7.40. The summed E-state index contributed by atoms with van der Waals surface area (Å²) in [7, 11) is 0. The topological polar surface area (TPSA) is 0 Å². The average molecular weight is 338 g/mol. The van der Waals surface area contributed by atoms with Crippen LogP contribution >= 0.6 is 23.2 Å². The quantitative estimate of drug-likeness (QED) is 0.454. The third-order valence-corrected chi connectivity index (χ3v) is 1.18. The summed E-state index contributed by atoms with van der Waals surface area (Å²) >= 11 is 11.0. The van der Waals surface area contributed by atoms with E-state index in [1.165, 1.54) is 0 Å². The molecule has 1 radical (unpaired) electrons. The van der Waals surface area contributed by atoms with Crippen LogP contribution in [0.1, 0.15) is 0 Å². The van der Waals surface area contributed by atoms with Crippen LogP contribution in [0, 0.1) is 6.07 Å². The third kappa shape index (κ3) is 4.89. The van der Waals surface area contributed by atoms with Crippen LogP contribution in [0.4, 0.5) is 0 Å². The minimum Gasteiger partial charge on any atom is -1.00 e. The molecule has 0 N–H and O–H groups in total. The molecule has 0 atom stereocenters. The number of hydrogen-bond acceptors (Lipinski definition) is 0. The third-order valence-electron chi connectivity index (χ3n) is 0.728. The van der Waals surface area contributed by atoms with Crippen LogP contribution in [0.3, 0.4) is 0 Å². The molecule has 1 aromatic rings. The molecule has 0 aliphatic rings. The van der Waals surface area contributed by atoms with Gasteiger partial charge in [0.15, 0.2) is 0 Å². The Morgan fingerprint density at radius 3 is 2.20 bits per heavy atom. The molecule has 0 bridgehead atoms. The van der Waals surface area contributed by atoms with E-state index in [0.717, 1.165) is 0 Å². The second-order valence-electron chi connectivity index (χ2n) is 1.35. The van der Waals surface area contributed by atoms with Crippen LogP contribution in [-0.2, 0) is 19.5 Å². The van der Waals surface area contributed by atoms with Crippen LogP contribution in [0.25, 0.3) is 0 Å². The predicted octanol–water partition coefficient (Wildman–Crippen LogP) is -0.205. The summed E-state index contributed by atoms with van der Waals surface area (Å²) in [5.74, 6) is 0. The van der Waals surface area contributed by atoms with Gasteiger partial charge in [-0.3, -0.25) is 0 Å². The molecule has 0 saturated carbocycles. The van der Waals surface area contributed by atoms with Gasteiger partial charge in [-0.1, -0.05) is 29.3 Å². The Kier molecular flexibility index (Phi) is 9.38. The van der Waals surface area contributed by atoms with Gasteiger partial charge in [0.25, 0.3) is 0 Å². The first-order valence-corrected chi connectivity index (χ1v) is 2.87. The SMILES string of the molecule is Clc1[c]ccc(Cl)c1.[I-].[Zn]. The fourth-order valence-electron chi connectivity index (χ4n) is 0.412. The zero-order valence-corrected chi connectivity index (χ0v) is 11.7. The van der Waals surface area contributed by atoms with E-state index in [2.05, 4.69) is 6.07 Å². The molecule has 1 rings (SSSR count). The van der Waals surface area contributed by atoms with Crippen LogP contribution < -0.4 is 24.0 Å². The van der Waals surface area contributed by atoms with Crippen molar-refractivity contribution in [3.8, 4) is 0 Å². The Morgan fingerprint density at radius 2 is 1.90 bits per heavy atom. The Hall–Kier alpha value is 1.15. The molecule has 0 aromatic heterocycles. The van der Waals surface area contributed by atoms with E-state index in [4.69, 9.17) is 23.2 Å². The van der Waals surface area contributed by atoms with Crippen molar-refractivity contribution < 1.29 is 43.5 Å². The van der Waals surface area contributed by atoms with Gasteiger partial charge in [0.2, 0.25) is 0 Å². The number of benzene rings is 1. The maximum atomic E-state index is 5.54. The molecule has 0 spiro atoms. The van der Waals surface area contributed by atoms with Gasteiger partial charge >= 0.3 is 0 Å². The first-order chi connectivity index (χ1) is 3.79. The van der Waals surface area contributed by atoms with Gasteiger partial charge in [-0.25, -0.2) is 0 Å². The number of halogens is 3. The molecule has 0 nitrogen and oxygen atoms in total. The molecule has 0 fully saturated rings. The van der Waals surface area contributed by atoms with Gasteiger partial charge < -0.3 is 24.0 Å².